The van der Waals surface area contributed by atoms with E-state index in [9.17, 15) is 4.79 Å². The number of benzene rings is 1. The number of amides is 1. The summed E-state index contributed by atoms with van der Waals surface area (Å²) in [5, 5.41) is 3.35. The van der Waals surface area contributed by atoms with E-state index >= 15 is 0 Å². The van der Waals surface area contributed by atoms with Crippen molar-refractivity contribution in [1.82, 2.24) is 24.8 Å². The molecule has 1 amide bonds. The van der Waals surface area contributed by atoms with Gasteiger partial charge in [0.2, 0.25) is 5.91 Å². The number of aryl methyl sites for hydroxylation is 2. The largest absolute Gasteiger partial charge is 0.441 e. The molecule has 3 aromatic rings. The molecule has 2 aromatic heterocycles. The highest BCUT2D eigenvalue weighted by atomic mass is 16.3. The molecule has 3 heterocycles. The van der Waals surface area contributed by atoms with Crippen molar-refractivity contribution < 1.29 is 9.21 Å². The highest BCUT2D eigenvalue weighted by molar-refractivity contribution is 5.77. The van der Waals surface area contributed by atoms with Gasteiger partial charge in [-0.15, -0.1) is 0 Å². The zero-order valence-corrected chi connectivity index (χ0v) is 14.2. The van der Waals surface area contributed by atoms with Gasteiger partial charge in [-0.05, 0) is 12.1 Å². The number of nitrogens with one attached hydrogen (secondary N) is 1. The van der Waals surface area contributed by atoms with E-state index in [1.807, 2.05) is 47.0 Å². The molecule has 1 aromatic carbocycles. The smallest absolute Gasteiger partial charge is 0.223 e. The van der Waals surface area contributed by atoms with Crippen LogP contribution in [-0.4, -0.2) is 45.0 Å². The van der Waals surface area contributed by atoms with E-state index in [4.69, 9.17) is 4.42 Å². The molecule has 1 N–H and O–H groups in total. The summed E-state index contributed by atoms with van der Waals surface area (Å²) in [6.07, 6.45) is 4.56. The number of hydrogen-bond acceptors (Lipinski definition) is 5. The number of nitrogens with zero attached hydrogens (tertiary/aromatic N) is 4. The van der Waals surface area contributed by atoms with Crippen LogP contribution in [0.15, 0.2) is 41.1 Å². The fourth-order valence-electron chi connectivity index (χ4n) is 3.32. The molecule has 0 radical (unpaired) electrons. The van der Waals surface area contributed by atoms with Gasteiger partial charge in [0.15, 0.2) is 11.5 Å². The molecule has 0 aliphatic carbocycles. The predicted molar refractivity (Wildman–Crippen MR) is 92.9 cm³/mol. The fraction of sp³-hybridized carbons (Fsp3) is 0.389. The average Bonchev–Trinajstić information content (AvgIpc) is 3.25. The van der Waals surface area contributed by atoms with Crippen molar-refractivity contribution in [3.63, 3.8) is 0 Å². The zero-order chi connectivity index (χ0) is 17.2. The first kappa shape index (κ1) is 15.8. The summed E-state index contributed by atoms with van der Waals surface area (Å²) < 4.78 is 7.68. The van der Waals surface area contributed by atoms with Gasteiger partial charge in [-0.25, -0.2) is 9.97 Å². The van der Waals surface area contributed by atoms with Gasteiger partial charge in [0.05, 0.1) is 0 Å². The van der Waals surface area contributed by atoms with Gasteiger partial charge in [0.25, 0.3) is 0 Å². The third-order valence-corrected chi connectivity index (χ3v) is 4.61. The summed E-state index contributed by atoms with van der Waals surface area (Å²) in [4.78, 5) is 23.6. The molecule has 1 atom stereocenters. The van der Waals surface area contributed by atoms with Gasteiger partial charge in [0.1, 0.15) is 17.4 Å². The van der Waals surface area contributed by atoms with Crippen LogP contribution >= 0.6 is 0 Å². The van der Waals surface area contributed by atoms with Crippen LogP contribution in [0.4, 0.5) is 0 Å². The molecule has 0 bridgehead atoms. The van der Waals surface area contributed by atoms with E-state index in [0.717, 1.165) is 30.0 Å². The third-order valence-electron chi connectivity index (χ3n) is 4.61. The van der Waals surface area contributed by atoms with Gasteiger partial charge in [-0.1, -0.05) is 12.1 Å². The third kappa shape index (κ3) is 3.15. The Bertz CT molecular complexity index is 851. The Morgan fingerprint density at radius 2 is 2.28 bits per heavy atom. The molecule has 1 unspecified atom stereocenters. The summed E-state index contributed by atoms with van der Waals surface area (Å²) in [6, 6.07) is 7.61. The Morgan fingerprint density at radius 3 is 3.08 bits per heavy atom. The topological polar surface area (TPSA) is 76.2 Å². The lowest BCUT2D eigenvalue weighted by Crippen LogP contribution is -2.49. The average molecular weight is 339 g/mol. The van der Waals surface area contributed by atoms with Crippen molar-refractivity contribution in [2.45, 2.75) is 18.9 Å². The minimum atomic E-state index is -0.0371. The normalized spacial score (nSPS) is 18.0. The van der Waals surface area contributed by atoms with E-state index in [1.54, 1.807) is 6.20 Å². The quantitative estimate of drug-likeness (QED) is 0.782. The second-order valence-electron chi connectivity index (χ2n) is 6.28. The van der Waals surface area contributed by atoms with Crippen LogP contribution in [0, 0.1) is 0 Å². The van der Waals surface area contributed by atoms with Crippen LogP contribution < -0.4 is 5.32 Å². The molecule has 7 nitrogen and oxygen atoms in total. The predicted octanol–water partition coefficient (Wildman–Crippen LogP) is 1.67. The van der Waals surface area contributed by atoms with Crippen molar-refractivity contribution in [3.8, 4) is 0 Å². The minimum absolute atomic E-state index is 0.0371. The van der Waals surface area contributed by atoms with Gasteiger partial charge < -0.3 is 19.2 Å². The highest BCUT2D eigenvalue weighted by Gasteiger charge is 2.30. The van der Waals surface area contributed by atoms with Crippen LogP contribution in [0.2, 0.25) is 0 Å². The van der Waals surface area contributed by atoms with Crippen molar-refractivity contribution in [2.75, 3.05) is 19.6 Å². The van der Waals surface area contributed by atoms with E-state index < -0.39 is 0 Å². The molecule has 1 saturated heterocycles. The Kier molecular flexibility index (Phi) is 4.23. The number of imidazole rings is 1. The van der Waals surface area contributed by atoms with Crippen LogP contribution in [0.25, 0.3) is 11.1 Å². The summed E-state index contributed by atoms with van der Waals surface area (Å²) >= 11 is 0. The summed E-state index contributed by atoms with van der Waals surface area (Å²) in [6.45, 7) is 2.21. The second-order valence-corrected chi connectivity index (χ2v) is 6.28. The van der Waals surface area contributed by atoms with E-state index in [2.05, 4.69) is 15.3 Å². The number of carbonyl (C=O) groups excluding carboxylic acids is 1. The zero-order valence-electron chi connectivity index (χ0n) is 14.2. The Balaban J connectivity index is 1.46. The first-order valence-corrected chi connectivity index (χ1v) is 8.54. The molecule has 1 aliphatic rings. The molecule has 130 valence electrons. The standard InChI is InChI=1S/C18H21N5O2/c1-22-10-9-20-18(22)14-12-19-8-11-23(14)17(24)7-6-16-21-13-4-2-3-5-15(13)25-16/h2-5,9-10,14,19H,6-8,11-12H2,1H3. The van der Waals surface area contributed by atoms with Gasteiger partial charge in [0, 0.05) is 51.9 Å². The first-order valence-electron chi connectivity index (χ1n) is 8.54. The number of aromatic nitrogens is 3. The number of carbonyl (C=O) groups is 1. The van der Waals surface area contributed by atoms with Crippen molar-refractivity contribution in [2.24, 2.45) is 7.05 Å². The van der Waals surface area contributed by atoms with Crippen LogP contribution in [0.1, 0.15) is 24.2 Å². The lowest BCUT2D eigenvalue weighted by molar-refractivity contribution is -0.134. The van der Waals surface area contributed by atoms with Gasteiger partial charge in [-0.3, -0.25) is 4.79 Å². The Hall–Kier alpha value is -2.67. The monoisotopic (exact) mass is 339 g/mol. The van der Waals surface area contributed by atoms with Gasteiger partial charge >= 0.3 is 0 Å². The number of piperazine rings is 1. The number of fused-ring (bicyclic) bond motifs is 1. The summed E-state index contributed by atoms with van der Waals surface area (Å²) in [7, 11) is 1.96. The lowest BCUT2D eigenvalue weighted by atomic mass is 10.1. The maximum Gasteiger partial charge on any atom is 0.223 e. The number of rotatable bonds is 4. The number of para-hydroxylation sites is 2. The molecule has 1 fully saturated rings. The SMILES string of the molecule is Cn1ccnc1C1CNCCN1C(=O)CCc1nc2ccccc2o1. The maximum absolute atomic E-state index is 12.8. The Morgan fingerprint density at radius 1 is 1.40 bits per heavy atom. The molecule has 4 rings (SSSR count). The molecular formula is C18H21N5O2. The first-order chi connectivity index (χ1) is 12.2. The van der Waals surface area contributed by atoms with Crippen LogP contribution in [0.3, 0.4) is 0 Å². The number of oxazole rings is 1. The molecule has 25 heavy (non-hydrogen) atoms. The van der Waals surface area contributed by atoms with Crippen molar-refractivity contribution in [3.05, 3.63) is 48.4 Å². The molecule has 0 spiro atoms. The van der Waals surface area contributed by atoms with Gasteiger partial charge in [-0.2, -0.15) is 0 Å². The lowest BCUT2D eigenvalue weighted by Gasteiger charge is -2.35. The van der Waals surface area contributed by atoms with Crippen LogP contribution in [-0.2, 0) is 18.3 Å². The maximum atomic E-state index is 12.8. The Labute approximate surface area is 145 Å². The summed E-state index contributed by atoms with van der Waals surface area (Å²) in [5.74, 6) is 1.62. The van der Waals surface area contributed by atoms with E-state index in [1.165, 1.54) is 0 Å². The van der Waals surface area contributed by atoms with E-state index in [0.29, 0.717) is 25.3 Å². The van der Waals surface area contributed by atoms with Crippen molar-refractivity contribution in [1.29, 1.82) is 0 Å². The minimum Gasteiger partial charge on any atom is -0.441 e. The number of hydrogen-bond donors (Lipinski definition) is 1. The van der Waals surface area contributed by atoms with Crippen LogP contribution in [0.5, 0.6) is 0 Å². The highest BCUT2D eigenvalue weighted by Crippen LogP contribution is 2.22. The molecule has 7 heteroatoms. The fourth-order valence-corrected chi connectivity index (χ4v) is 3.32. The second kappa shape index (κ2) is 6.68. The van der Waals surface area contributed by atoms with Crippen molar-refractivity contribution >= 4 is 17.0 Å². The summed E-state index contributed by atoms with van der Waals surface area (Å²) in [5.41, 5.74) is 1.59. The molecular weight excluding hydrogens is 318 g/mol. The van der Waals surface area contributed by atoms with E-state index in [-0.39, 0.29) is 11.9 Å². The molecule has 0 saturated carbocycles. The molecule has 1 aliphatic heterocycles.